The van der Waals surface area contributed by atoms with E-state index in [-0.39, 0.29) is 5.78 Å². The molecule has 2 rings (SSSR count). The Labute approximate surface area is 84.6 Å². The average Bonchev–Trinajstić information content (AvgIpc) is 2.84. The second-order valence-corrected chi connectivity index (χ2v) is 4.03. The Bertz CT molecular complexity index is 317. The van der Waals surface area contributed by atoms with Gasteiger partial charge in [-0.15, -0.1) is 0 Å². The zero-order chi connectivity index (χ0) is 9.26. The number of halogens is 1. The molecule has 1 N–H and O–H groups in total. The van der Waals surface area contributed by atoms with E-state index >= 15 is 0 Å². The summed E-state index contributed by atoms with van der Waals surface area (Å²) in [7, 11) is 0. The van der Waals surface area contributed by atoms with Gasteiger partial charge in [0, 0.05) is 6.04 Å². The summed E-state index contributed by atoms with van der Waals surface area (Å²) in [4.78, 5) is 11.5. The van der Waals surface area contributed by atoms with Gasteiger partial charge in [0.15, 0.2) is 5.76 Å². The largest absolute Gasteiger partial charge is 0.460 e. The average molecular weight is 244 g/mol. The second-order valence-electron chi connectivity index (χ2n) is 3.18. The van der Waals surface area contributed by atoms with Gasteiger partial charge in [0.1, 0.15) is 0 Å². The van der Waals surface area contributed by atoms with Crippen molar-refractivity contribution in [1.82, 2.24) is 5.32 Å². The first-order valence-electron chi connectivity index (χ1n) is 4.27. The minimum absolute atomic E-state index is 0.00350. The van der Waals surface area contributed by atoms with E-state index in [1.807, 2.05) is 0 Å². The molecule has 0 aliphatic heterocycles. The van der Waals surface area contributed by atoms with Gasteiger partial charge in [0.25, 0.3) is 0 Å². The van der Waals surface area contributed by atoms with Crippen LogP contribution in [0.25, 0.3) is 0 Å². The van der Waals surface area contributed by atoms with Crippen molar-refractivity contribution < 1.29 is 9.21 Å². The van der Waals surface area contributed by atoms with E-state index in [1.54, 1.807) is 6.07 Å². The molecule has 0 spiro atoms. The van der Waals surface area contributed by atoms with Gasteiger partial charge in [-0.25, -0.2) is 0 Å². The molecule has 13 heavy (non-hydrogen) atoms. The minimum Gasteiger partial charge on any atom is -0.460 e. The summed E-state index contributed by atoms with van der Waals surface area (Å²) >= 11 is 3.25. The number of furan rings is 1. The third kappa shape index (κ3) is 2.19. The van der Waals surface area contributed by atoms with E-state index < -0.39 is 0 Å². The molecule has 1 fully saturated rings. The number of Topliss-reactive ketones (excluding diaryl/α,β-unsaturated/α-hetero) is 1. The topological polar surface area (TPSA) is 42.2 Å². The number of carbonyl (C=O) groups excluding carboxylic acids is 1. The lowest BCUT2D eigenvalue weighted by Gasteiger charge is -1.99. The van der Waals surface area contributed by atoms with Crippen LogP contribution in [0.1, 0.15) is 23.4 Å². The molecular formula is C9H10BrNO2. The van der Waals surface area contributed by atoms with Crippen LogP contribution in [0.4, 0.5) is 0 Å². The highest BCUT2D eigenvalue weighted by Crippen LogP contribution is 2.20. The lowest BCUT2D eigenvalue weighted by Crippen LogP contribution is -2.24. The lowest BCUT2D eigenvalue weighted by atomic mass is 10.3. The van der Waals surface area contributed by atoms with Crippen molar-refractivity contribution >= 4 is 21.7 Å². The Morgan fingerprint density at radius 2 is 2.46 bits per heavy atom. The van der Waals surface area contributed by atoms with E-state index in [9.17, 15) is 4.79 Å². The van der Waals surface area contributed by atoms with Crippen LogP contribution in [-0.2, 0) is 0 Å². The van der Waals surface area contributed by atoms with Gasteiger partial charge < -0.3 is 9.73 Å². The molecule has 1 aliphatic rings. The van der Waals surface area contributed by atoms with Crippen molar-refractivity contribution in [2.24, 2.45) is 0 Å². The Hall–Kier alpha value is -0.610. The van der Waals surface area contributed by atoms with Gasteiger partial charge in [-0.3, -0.25) is 4.79 Å². The predicted octanol–water partition coefficient (Wildman–Crippen LogP) is 1.98. The number of nitrogens with one attached hydrogen (secondary N) is 1. The molecule has 0 saturated heterocycles. The van der Waals surface area contributed by atoms with Gasteiger partial charge in [-0.05, 0) is 34.8 Å². The fourth-order valence-corrected chi connectivity index (χ4v) is 1.52. The van der Waals surface area contributed by atoms with Gasteiger partial charge >= 0.3 is 0 Å². The van der Waals surface area contributed by atoms with Gasteiger partial charge in [0.05, 0.1) is 17.3 Å². The predicted molar refractivity (Wildman–Crippen MR) is 51.8 cm³/mol. The van der Waals surface area contributed by atoms with E-state index in [1.165, 1.54) is 19.1 Å². The fraction of sp³-hybridized carbons (Fsp3) is 0.444. The van der Waals surface area contributed by atoms with Crippen LogP contribution in [0.15, 0.2) is 21.2 Å². The fourth-order valence-electron chi connectivity index (χ4n) is 1.10. The highest BCUT2D eigenvalue weighted by atomic mass is 79.9. The quantitative estimate of drug-likeness (QED) is 0.823. The summed E-state index contributed by atoms with van der Waals surface area (Å²) in [6.07, 6.45) is 3.88. The number of hydrogen-bond donors (Lipinski definition) is 1. The van der Waals surface area contributed by atoms with Gasteiger partial charge in [0.2, 0.25) is 5.78 Å². The molecule has 0 atom stereocenters. The smallest absolute Gasteiger partial charge is 0.212 e. The van der Waals surface area contributed by atoms with Crippen molar-refractivity contribution in [2.45, 2.75) is 18.9 Å². The molecule has 0 bridgehead atoms. The van der Waals surface area contributed by atoms with Gasteiger partial charge in [-0.2, -0.15) is 0 Å². The van der Waals surface area contributed by atoms with Crippen LogP contribution in [0, 0.1) is 0 Å². The molecule has 0 amide bonds. The van der Waals surface area contributed by atoms with E-state index in [0.717, 1.165) is 4.47 Å². The summed E-state index contributed by atoms with van der Waals surface area (Å²) in [5.74, 6) is 0.414. The summed E-state index contributed by atoms with van der Waals surface area (Å²) < 4.78 is 5.77. The van der Waals surface area contributed by atoms with E-state index in [4.69, 9.17) is 4.42 Å². The molecule has 3 nitrogen and oxygen atoms in total. The Balaban J connectivity index is 1.92. The number of rotatable bonds is 4. The maximum absolute atomic E-state index is 11.5. The normalized spacial score (nSPS) is 16.1. The van der Waals surface area contributed by atoms with Crippen molar-refractivity contribution in [3.05, 3.63) is 22.6 Å². The lowest BCUT2D eigenvalue weighted by molar-refractivity contribution is 0.0963. The highest BCUT2D eigenvalue weighted by Gasteiger charge is 2.22. The Kier molecular flexibility index (Phi) is 2.51. The summed E-state index contributed by atoms with van der Waals surface area (Å²) in [5.41, 5.74) is 0. The zero-order valence-electron chi connectivity index (χ0n) is 7.05. The van der Waals surface area contributed by atoms with Crippen molar-refractivity contribution in [3.8, 4) is 0 Å². The van der Waals surface area contributed by atoms with Crippen molar-refractivity contribution in [2.75, 3.05) is 6.54 Å². The van der Waals surface area contributed by atoms with Crippen molar-refractivity contribution in [3.63, 3.8) is 0 Å². The Morgan fingerprint density at radius 1 is 1.69 bits per heavy atom. The molecule has 0 radical (unpaired) electrons. The maximum Gasteiger partial charge on any atom is 0.212 e. The minimum atomic E-state index is 0.00350. The molecule has 1 saturated carbocycles. The van der Waals surface area contributed by atoms with Crippen LogP contribution in [0.2, 0.25) is 0 Å². The summed E-state index contributed by atoms with van der Waals surface area (Å²) in [5, 5.41) is 3.14. The maximum atomic E-state index is 11.5. The first-order chi connectivity index (χ1) is 6.27. The molecule has 0 unspecified atom stereocenters. The molecule has 1 aliphatic carbocycles. The molecule has 1 aromatic rings. The molecule has 1 aromatic heterocycles. The van der Waals surface area contributed by atoms with E-state index in [0.29, 0.717) is 18.3 Å². The van der Waals surface area contributed by atoms with Crippen molar-refractivity contribution in [1.29, 1.82) is 0 Å². The second kappa shape index (κ2) is 3.64. The monoisotopic (exact) mass is 243 g/mol. The number of hydrogen-bond acceptors (Lipinski definition) is 3. The summed E-state index contributed by atoms with van der Waals surface area (Å²) in [6, 6.07) is 2.28. The standard InChI is InChI=1S/C9H10BrNO2/c10-7-3-4-13-9(7)8(12)5-11-6-1-2-6/h3-4,6,11H,1-2,5H2. The first kappa shape index (κ1) is 8.97. The highest BCUT2D eigenvalue weighted by molar-refractivity contribution is 9.10. The number of ketones is 1. The SMILES string of the molecule is O=C(CNC1CC1)c1occc1Br. The first-order valence-corrected chi connectivity index (χ1v) is 5.06. The van der Waals surface area contributed by atoms with Crippen LogP contribution in [-0.4, -0.2) is 18.4 Å². The van der Waals surface area contributed by atoms with E-state index in [2.05, 4.69) is 21.2 Å². The number of carbonyl (C=O) groups is 1. The van der Waals surface area contributed by atoms with Crippen LogP contribution < -0.4 is 5.32 Å². The van der Waals surface area contributed by atoms with Gasteiger partial charge in [-0.1, -0.05) is 0 Å². The van der Waals surface area contributed by atoms with Crippen LogP contribution >= 0.6 is 15.9 Å². The van der Waals surface area contributed by atoms with Crippen LogP contribution in [0.3, 0.4) is 0 Å². The molecule has 4 heteroatoms. The van der Waals surface area contributed by atoms with Crippen LogP contribution in [0.5, 0.6) is 0 Å². The molecule has 70 valence electrons. The zero-order valence-corrected chi connectivity index (χ0v) is 8.63. The summed E-state index contributed by atoms with van der Waals surface area (Å²) in [6.45, 7) is 0.372. The molecular weight excluding hydrogens is 234 g/mol. The molecule has 0 aromatic carbocycles. The Morgan fingerprint density at radius 3 is 3.00 bits per heavy atom. The third-order valence-electron chi connectivity index (χ3n) is 2.00. The third-order valence-corrected chi connectivity index (χ3v) is 2.62. The molecule has 1 heterocycles.